The van der Waals surface area contributed by atoms with Gasteiger partial charge in [0.05, 0.1) is 6.10 Å². The minimum atomic E-state index is -0.126. The standard InChI is InChI=1S/C19H28N2O3/c22-13-16-8-4-5-9-17(16)21-19(23)20-12-15-10-11-24-18(15)14-6-2-1-3-7-14/h1-3,6-7,15-18,22H,4-5,8-13H2,(H2,20,21,23). The number of benzene rings is 1. The average molecular weight is 332 g/mol. The van der Waals surface area contributed by atoms with E-state index in [0.29, 0.717) is 12.5 Å². The summed E-state index contributed by atoms with van der Waals surface area (Å²) < 4.78 is 5.86. The molecule has 132 valence electrons. The van der Waals surface area contributed by atoms with Crippen molar-refractivity contribution in [2.45, 2.75) is 44.2 Å². The molecule has 0 spiro atoms. The van der Waals surface area contributed by atoms with Crippen LogP contribution >= 0.6 is 0 Å². The van der Waals surface area contributed by atoms with Crippen LogP contribution in [-0.2, 0) is 4.74 Å². The molecule has 24 heavy (non-hydrogen) atoms. The Morgan fingerprint density at radius 3 is 2.71 bits per heavy atom. The van der Waals surface area contributed by atoms with Crippen LogP contribution in [0.25, 0.3) is 0 Å². The molecule has 2 fully saturated rings. The number of carbonyl (C=O) groups is 1. The number of hydrogen-bond donors (Lipinski definition) is 3. The summed E-state index contributed by atoms with van der Waals surface area (Å²) in [4.78, 5) is 12.2. The third kappa shape index (κ3) is 4.28. The van der Waals surface area contributed by atoms with Gasteiger partial charge in [0.25, 0.3) is 0 Å². The molecule has 0 aromatic heterocycles. The normalized spacial score (nSPS) is 30.0. The van der Waals surface area contributed by atoms with Crippen LogP contribution in [0.2, 0.25) is 0 Å². The quantitative estimate of drug-likeness (QED) is 0.776. The zero-order chi connectivity index (χ0) is 16.8. The van der Waals surface area contributed by atoms with E-state index in [9.17, 15) is 9.90 Å². The summed E-state index contributed by atoms with van der Waals surface area (Å²) >= 11 is 0. The first-order valence-electron chi connectivity index (χ1n) is 9.09. The largest absolute Gasteiger partial charge is 0.396 e. The van der Waals surface area contributed by atoms with Crippen LogP contribution in [0, 0.1) is 11.8 Å². The van der Waals surface area contributed by atoms with Crippen LogP contribution in [-0.4, -0.2) is 36.9 Å². The fourth-order valence-electron chi connectivity index (χ4n) is 3.91. The highest BCUT2D eigenvalue weighted by molar-refractivity contribution is 5.74. The Bertz CT molecular complexity index is 523. The molecule has 5 heteroatoms. The van der Waals surface area contributed by atoms with Gasteiger partial charge in [-0.3, -0.25) is 0 Å². The Hall–Kier alpha value is -1.59. The predicted octanol–water partition coefficient (Wildman–Crippen LogP) is 2.61. The third-order valence-electron chi connectivity index (χ3n) is 5.33. The van der Waals surface area contributed by atoms with Crippen LogP contribution in [0.5, 0.6) is 0 Å². The van der Waals surface area contributed by atoms with Crippen molar-refractivity contribution in [3.05, 3.63) is 35.9 Å². The monoisotopic (exact) mass is 332 g/mol. The number of hydrogen-bond acceptors (Lipinski definition) is 3. The van der Waals surface area contributed by atoms with Gasteiger partial charge >= 0.3 is 6.03 Å². The SMILES string of the molecule is O=C(NCC1CCOC1c1ccccc1)NC1CCCCC1CO. The van der Waals surface area contributed by atoms with Crippen molar-refractivity contribution in [3.63, 3.8) is 0 Å². The predicted molar refractivity (Wildman–Crippen MR) is 92.6 cm³/mol. The number of carbonyl (C=O) groups excluding carboxylic acids is 1. The van der Waals surface area contributed by atoms with Gasteiger partial charge in [0.1, 0.15) is 0 Å². The molecule has 0 bridgehead atoms. The van der Waals surface area contributed by atoms with E-state index in [2.05, 4.69) is 22.8 Å². The molecule has 5 nitrogen and oxygen atoms in total. The van der Waals surface area contributed by atoms with Crippen LogP contribution in [0.1, 0.15) is 43.8 Å². The van der Waals surface area contributed by atoms with Crippen molar-refractivity contribution in [3.8, 4) is 0 Å². The van der Waals surface area contributed by atoms with Gasteiger partial charge in [0, 0.05) is 37.6 Å². The summed E-state index contributed by atoms with van der Waals surface area (Å²) in [7, 11) is 0. The molecule has 1 heterocycles. The molecule has 2 amide bonds. The van der Waals surface area contributed by atoms with E-state index in [0.717, 1.165) is 38.7 Å². The van der Waals surface area contributed by atoms with Gasteiger partial charge in [-0.25, -0.2) is 4.79 Å². The van der Waals surface area contributed by atoms with E-state index >= 15 is 0 Å². The average Bonchev–Trinajstić information content (AvgIpc) is 3.10. The second-order valence-electron chi connectivity index (χ2n) is 6.94. The molecule has 1 aromatic carbocycles. The van der Waals surface area contributed by atoms with E-state index < -0.39 is 0 Å². The van der Waals surface area contributed by atoms with Gasteiger partial charge in [-0.2, -0.15) is 0 Å². The highest BCUT2D eigenvalue weighted by Crippen LogP contribution is 2.33. The summed E-state index contributed by atoms with van der Waals surface area (Å²) in [5, 5.41) is 15.5. The molecule has 1 saturated carbocycles. The van der Waals surface area contributed by atoms with Crippen LogP contribution < -0.4 is 10.6 Å². The Labute approximate surface area is 143 Å². The second kappa shape index (κ2) is 8.49. The minimum Gasteiger partial charge on any atom is -0.396 e. The van der Waals surface area contributed by atoms with Gasteiger partial charge in [0.2, 0.25) is 0 Å². The maximum Gasteiger partial charge on any atom is 0.315 e. The zero-order valence-electron chi connectivity index (χ0n) is 14.1. The molecular formula is C19H28N2O3. The fraction of sp³-hybridized carbons (Fsp3) is 0.632. The van der Waals surface area contributed by atoms with E-state index in [-0.39, 0.29) is 30.7 Å². The van der Waals surface area contributed by atoms with Gasteiger partial charge < -0.3 is 20.5 Å². The Morgan fingerprint density at radius 2 is 1.92 bits per heavy atom. The number of urea groups is 1. The maximum atomic E-state index is 12.2. The van der Waals surface area contributed by atoms with Crippen molar-refractivity contribution in [1.82, 2.24) is 10.6 Å². The number of ether oxygens (including phenoxy) is 1. The molecule has 4 atom stereocenters. The van der Waals surface area contributed by atoms with E-state index in [1.165, 1.54) is 5.56 Å². The van der Waals surface area contributed by atoms with E-state index in [1.807, 2.05) is 18.2 Å². The topological polar surface area (TPSA) is 70.6 Å². The second-order valence-corrected chi connectivity index (χ2v) is 6.94. The molecular weight excluding hydrogens is 304 g/mol. The summed E-state index contributed by atoms with van der Waals surface area (Å²) in [5.41, 5.74) is 1.18. The number of amides is 2. The lowest BCUT2D eigenvalue weighted by molar-refractivity contribution is 0.0908. The van der Waals surface area contributed by atoms with Gasteiger partial charge in [0.15, 0.2) is 0 Å². The van der Waals surface area contributed by atoms with E-state index in [1.54, 1.807) is 0 Å². The molecule has 3 rings (SSSR count). The van der Waals surface area contributed by atoms with Crippen LogP contribution in [0.3, 0.4) is 0 Å². The highest BCUT2D eigenvalue weighted by Gasteiger charge is 2.30. The van der Waals surface area contributed by atoms with Crippen molar-refractivity contribution >= 4 is 6.03 Å². The molecule has 1 aliphatic heterocycles. The molecule has 1 aromatic rings. The molecule has 2 aliphatic rings. The molecule has 3 N–H and O–H groups in total. The lowest BCUT2D eigenvalue weighted by Crippen LogP contribution is -2.48. The fourth-order valence-corrected chi connectivity index (χ4v) is 3.91. The maximum absolute atomic E-state index is 12.2. The van der Waals surface area contributed by atoms with Gasteiger partial charge in [-0.15, -0.1) is 0 Å². The first kappa shape index (κ1) is 17.2. The van der Waals surface area contributed by atoms with Crippen molar-refractivity contribution in [2.24, 2.45) is 11.8 Å². The van der Waals surface area contributed by atoms with Crippen LogP contribution in [0.15, 0.2) is 30.3 Å². The molecule has 1 saturated heterocycles. The zero-order valence-corrected chi connectivity index (χ0v) is 14.1. The van der Waals surface area contributed by atoms with E-state index in [4.69, 9.17) is 4.74 Å². The smallest absolute Gasteiger partial charge is 0.315 e. The number of aliphatic hydroxyl groups excluding tert-OH is 1. The van der Waals surface area contributed by atoms with Crippen LogP contribution in [0.4, 0.5) is 4.79 Å². The summed E-state index contributed by atoms with van der Waals surface area (Å²) in [5.74, 6) is 0.495. The molecule has 4 unspecified atom stereocenters. The number of nitrogens with one attached hydrogen (secondary N) is 2. The molecule has 0 radical (unpaired) electrons. The minimum absolute atomic E-state index is 0.0615. The lowest BCUT2D eigenvalue weighted by Gasteiger charge is -2.31. The van der Waals surface area contributed by atoms with Crippen molar-refractivity contribution < 1.29 is 14.6 Å². The summed E-state index contributed by atoms with van der Waals surface area (Å²) in [6.07, 6.45) is 5.23. The summed E-state index contributed by atoms with van der Waals surface area (Å²) in [6.45, 7) is 1.50. The Balaban J connectivity index is 1.48. The van der Waals surface area contributed by atoms with Crippen molar-refractivity contribution in [1.29, 1.82) is 0 Å². The number of rotatable bonds is 5. The van der Waals surface area contributed by atoms with Crippen molar-refractivity contribution in [2.75, 3.05) is 19.8 Å². The summed E-state index contributed by atoms with van der Waals surface area (Å²) in [6, 6.07) is 10.2. The highest BCUT2D eigenvalue weighted by atomic mass is 16.5. The first-order valence-corrected chi connectivity index (χ1v) is 9.09. The Kier molecular flexibility index (Phi) is 6.10. The first-order chi connectivity index (χ1) is 11.8. The molecule has 1 aliphatic carbocycles. The number of aliphatic hydroxyl groups is 1. The van der Waals surface area contributed by atoms with Gasteiger partial charge in [-0.05, 0) is 24.8 Å². The Morgan fingerprint density at radius 1 is 1.12 bits per heavy atom. The van der Waals surface area contributed by atoms with Gasteiger partial charge in [-0.1, -0.05) is 43.2 Å². The third-order valence-corrected chi connectivity index (χ3v) is 5.33. The lowest BCUT2D eigenvalue weighted by atomic mass is 9.85.